The van der Waals surface area contributed by atoms with Crippen molar-refractivity contribution < 1.29 is 27.9 Å². The van der Waals surface area contributed by atoms with Crippen LogP contribution in [0.25, 0.3) is 0 Å². The van der Waals surface area contributed by atoms with Crippen LogP contribution in [0.4, 0.5) is 68.2 Å². The molecule has 13 rings (SSSR count). The van der Waals surface area contributed by atoms with Gasteiger partial charge in [0.1, 0.15) is 0 Å². The maximum atomic E-state index is 6.29. The molecule has 0 amide bonds. The van der Waals surface area contributed by atoms with Crippen molar-refractivity contribution in [1.29, 1.82) is 0 Å². The van der Waals surface area contributed by atoms with Crippen LogP contribution in [0.3, 0.4) is 0 Å². The Kier molecular flexibility index (Phi) is 21.8. The maximum Gasteiger partial charge on any atom is 0.494 e. The topological polar surface area (TPSA) is 68.3 Å². The number of halogens is 1. The molecule has 10 aromatic carbocycles. The highest BCUT2D eigenvalue weighted by Crippen LogP contribution is 2.45. The number of nitrogens with zero attached hydrogens (tertiary/aromatic N) is 4. The molecule has 3 fully saturated rings. The molecule has 0 N–H and O–H groups in total. The van der Waals surface area contributed by atoms with E-state index in [9.17, 15) is 0 Å². The van der Waals surface area contributed by atoms with Crippen LogP contribution in [0.2, 0.25) is 0 Å². The van der Waals surface area contributed by atoms with Gasteiger partial charge >= 0.3 is 21.1 Å². The first-order valence-electron chi connectivity index (χ1n) is 31.6. The van der Waals surface area contributed by atoms with Crippen molar-refractivity contribution in [1.82, 2.24) is 0 Å². The molecule has 14 heteroatoms. The van der Waals surface area contributed by atoms with Gasteiger partial charge in [0.15, 0.2) is 0 Å². The molecule has 0 aliphatic carbocycles. The van der Waals surface area contributed by atoms with E-state index in [1.54, 1.807) is 0 Å². The van der Waals surface area contributed by atoms with Crippen LogP contribution in [0.15, 0.2) is 284 Å². The number of para-hydroxylation sites is 6. The Labute approximate surface area is 569 Å². The number of rotatable bonds is 14. The molecule has 0 saturated carbocycles. The quantitative estimate of drug-likeness (QED) is 0.0984. The van der Waals surface area contributed by atoms with Gasteiger partial charge in [0, 0.05) is 72.7 Å². The average molecular weight is 1320 g/mol. The number of hydrogen-bond donors (Lipinski definition) is 0. The molecule has 0 aromatic heterocycles. The molecular weight excluding hydrogens is 1230 g/mol. The van der Waals surface area contributed by atoms with Gasteiger partial charge in [0.25, 0.3) is 0 Å². The van der Waals surface area contributed by atoms with E-state index in [0.717, 1.165) is 78.2 Å². The third-order valence-corrected chi connectivity index (χ3v) is 18.9. The summed E-state index contributed by atoms with van der Waals surface area (Å²) >= 11 is 3.55. The monoisotopic (exact) mass is 1310 g/mol. The van der Waals surface area contributed by atoms with Gasteiger partial charge in [-0.1, -0.05) is 152 Å². The summed E-state index contributed by atoms with van der Waals surface area (Å²) in [6.07, 6.45) is 0. The minimum Gasteiger partial charge on any atom is -0.405 e. The second-order valence-electron chi connectivity index (χ2n) is 26.3. The lowest BCUT2D eigenvalue weighted by atomic mass is 9.49. The summed E-state index contributed by atoms with van der Waals surface area (Å²) in [6, 6.07) is 97.2. The highest BCUT2D eigenvalue weighted by atomic mass is 79.9. The standard InChI is InChI=1S/C36H35BN2O2.C30H23BrN2.C12H24B2O4.2CH4/c1-35(2)36(3,4)41-37(40-35)28-20-22-32(23-21-28)39(31-18-12-7-13-19-31)34-26-24-33(25-27-34)38(29-14-8-5-9-15-29)30-16-10-6-11-17-30;31-24-16-18-28(19-17-24)33(27-14-8-3-9-15-27)30-22-20-29(21-23-30)32(25-10-4-1-5-11-25)26-12-6-2-7-13-26;1-9(2)10(3,4)16-13(15-9)14-17-11(5,6)12(7,8)18-14;;/h5-27H,1-4H3;1-23H;1-8H3;2*1H4. The van der Waals surface area contributed by atoms with E-state index in [-0.39, 0.29) is 55.6 Å². The van der Waals surface area contributed by atoms with E-state index in [4.69, 9.17) is 27.9 Å². The van der Waals surface area contributed by atoms with Crippen LogP contribution in [-0.2, 0) is 27.9 Å². The Morgan fingerprint density at radius 2 is 0.383 bits per heavy atom. The van der Waals surface area contributed by atoms with Crippen molar-refractivity contribution >= 4 is 111 Å². The third kappa shape index (κ3) is 15.5. The Morgan fingerprint density at radius 3 is 0.585 bits per heavy atom. The van der Waals surface area contributed by atoms with Gasteiger partial charge < -0.3 is 47.5 Å². The smallest absolute Gasteiger partial charge is 0.405 e. The van der Waals surface area contributed by atoms with Crippen molar-refractivity contribution in [2.75, 3.05) is 19.6 Å². The third-order valence-electron chi connectivity index (χ3n) is 18.3. The fourth-order valence-corrected chi connectivity index (χ4v) is 11.4. The minimum absolute atomic E-state index is 0. The van der Waals surface area contributed by atoms with E-state index < -0.39 is 14.0 Å². The molecule has 0 atom stereocenters. The van der Waals surface area contributed by atoms with Gasteiger partial charge in [-0.25, -0.2) is 0 Å². The summed E-state index contributed by atoms with van der Waals surface area (Å²) in [6.45, 7) is 24.5. The Morgan fingerprint density at radius 1 is 0.223 bits per heavy atom. The summed E-state index contributed by atoms with van der Waals surface area (Å²) in [4.78, 5) is 9.09. The van der Waals surface area contributed by atoms with E-state index in [0.29, 0.717) is 0 Å². The van der Waals surface area contributed by atoms with Crippen LogP contribution >= 0.6 is 15.9 Å². The molecule has 94 heavy (non-hydrogen) atoms. The second-order valence-corrected chi connectivity index (χ2v) is 27.2. The van der Waals surface area contributed by atoms with Gasteiger partial charge in [0.2, 0.25) is 0 Å². The first-order chi connectivity index (χ1) is 44.0. The van der Waals surface area contributed by atoms with Crippen LogP contribution < -0.4 is 25.1 Å². The molecule has 0 radical (unpaired) electrons. The number of benzene rings is 10. The molecule has 10 nitrogen and oxygen atoms in total. The molecular formula is C80H90B3BrN4O6. The van der Waals surface area contributed by atoms with Crippen molar-refractivity contribution in [3.63, 3.8) is 0 Å². The normalized spacial score (nSPS) is 16.6. The molecule has 3 saturated heterocycles. The molecule has 10 aromatic rings. The number of hydrogen-bond acceptors (Lipinski definition) is 10. The molecule has 0 bridgehead atoms. The predicted octanol–water partition coefficient (Wildman–Crippen LogP) is 21.8. The largest absolute Gasteiger partial charge is 0.494 e. The average Bonchev–Trinajstić information content (AvgIpc) is 1.03. The van der Waals surface area contributed by atoms with Gasteiger partial charge in [-0.15, -0.1) is 0 Å². The zero-order valence-electron chi connectivity index (χ0n) is 54.9. The summed E-state index contributed by atoms with van der Waals surface area (Å²) in [5.74, 6) is 0. The summed E-state index contributed by atoms with van der Waals surface area (Å²) < 4.78 is 37.5. The fourth-order valence-electron chi connectivity index (χ4n) is 11.1. The highest BCUT2D eigenvalue weighted by molar-refractivity contribution is 9.10. The molecule has 0 spiro atoms. The first kappa shape index (κ1) is 70.2. The fraction of sp³-hybridized carbons (Fsp3) is 0.250. The summed E-state index contributed by atoms with van der Waals surface area (Å²) in [7, 11) is -1.34. The molecule has 3 heterocycles. The molecule has 3 aliphatic heterocycles. The van der Waals surface area contributed by atoms with Crippen LogP contribution in [0.5, 0.6) is 0 Å². The summed E-state index contributed by atoms with van der Waals surface area (Å²) in [5.41, 5.74) is 12.1. The van der Waals surface area contributed by atoms with E-state index >= 15 is 0 Å². The lowest BCUT2D eigenvalue weighted by Crippen LogP contribution is -2.41. The minimum atomic E-state index is -0.476. The van der Waals surface area contributed by atoms with Crippen LogP contribution in [-0.4, -0.2) is 54.7 Å². The zero-order chi connectivity index (χ0) is 64.9. The lowest BCUT2D eigenvalue weighted by Gasteiger charge is -2.32. The Balaban J connectivity index is 0.000000176. The van der Waals surface area contributed by atoms with Crippen molar-refractivity contribution in [3.05, 3.63) is 284 Å². The molecule has 482 valence electrons. The van der Waals surface area contributed by atoms with Crippen molar-refractivity contribution in [2.24, 2.45) is 0 Å². The van der Waals surface area contributed by atoms with Crippen LogP contribution in [0.1, 0.15) is 97.9 Å². The SMILES string of the molecule is Brc1ccc(N(c2ccccc2)c2ccc(N(c3ccccc3)c3ccccc3)cc2)cc1.C.C.CC1(C)OB(B2OC(C)(C)C(C)(C)O2)OC1(C)C.CC1(C)OB(c2ccc(N(c3ccccc3)c3ccc(N(c4ccccc4)c4ccccc4)cc3)cc2)OC1(C)C. The highest BCUT2D eigenvalue weighted by Gasteiger charge is 2.64. The lowest BCUT2D eigenvalue weighted by molar-refractivity contribution is 0.00578. The van der Waals surface area contributed by atoms with Crippen LogP contribution in [0, 0.1) is 0 Å². The second kappa shape index (κ2) is 29.2. The van der Waals surface area contributed by atoms with Gasteiger partial charge in [-0.05, 0) is 246 Å². The Hall–Kier alpha value is -8.17. The van der Waals surface area contributed by atoms with Gasteiger partial charge in [-0.3, -0.25) is 0 Å². The summed E-state index contributed by atoms with van der Waals surface area (Å²) in [5, 5.41) is 0. The van der Waals surface area contributed by atoms with E-state index in [2.05, 4.69) is 306 Å². The van der Waals surface area contributed by atoms with Crippen molar-refractivity contribution in [3.8, 4) is 0 Å². The maximum absolute atomic E-state index is 6.29. The Bertz CT molecular complexity index is 3810. The first-order valence-corrected chi connectivity index (χ1v) is 32.4. The van der Waals surface area contributed by atoms with Gasteiger partial charge in [0.05, 0.1) is 33.6 Å². The van der Waals surface area contributed by atoms with E-state index in [1.165, 1.54) is 0 Å². The molecule has 0 unspecified atom stereocenters. The van der Waals surface area contributed by atoms with Crippen molar-refractivity contribution in [2.45, 2.75) is 132 Å². The van der Waals surface area contributed by atoms with Gasteiger partial charge in [-0.2, -0.15) is 0 Å². The number of anilines is 12. The predicted molar refractivity (Wildman–Crippen MR) is 401 cm³/mol. The molecule has 3 aliphatic rings. The van der Waals surface area contributed by atoms with E-state index in [1.807, 2.05) is 91.8 Å². The zero-order valence-corrected chi connectivity index (χ0v) is 56.5.